The Hall–Kier alpha value is -4.03. The molecule has 12 nitrogen and oxygen atoms in total. The number of hydrogen-bond donors (Lipinski definition) is 0. The van der Waals surface area contributed by atoms with Crippen LogP contribution in [0.1, 0.15) is 120 Å². The number of amides is 2. The molecule has 2 fully saturated rings. The monoisotopic (exact) mass is 820 g/mol. The van der Waals surface area contributed by atoms with E-state index < -0.39 is 17.6 Å². The van der Waals surface area contributed by atoms with Gasteiger partial charge >= 0.3 is 6.09 Å². The van der Waals surface area contributed by atoms with Crippen LogP contribution < -0.4 is 18.9 Å². The number of rotatable bonds is 15. The molecule has 2 saturated heterocycles. The Labute approximate surface area is 352 Å². The van der Waals surface area contributed by atoms with Crippen LogP contribution in [0.25, 0.3) is 0 Å². The van der Waals surface area contributed by atoms with Gasteiger partial charge in [-0.05, 0) is 124 Å². The molecule has 4 aliphatic rings. The third-order valence-electron chi connectivity index (χ3n) is 13.5. The first-order valence-corrected chi connectivity index (χ1v) is 21.8. The van der Waals surface area contributed by atoms with Gasteiger partial charge in [0.25, 0.3) is 0 Å². The lowest BCUT2D eigenvalue weighted by molar-refractivity contribution is -0.135. The molecule has 4 aliphatic heterocycles. The highest BCUT2D eigenvalue weighted by atomic mass is 16.6. The van der Waals surface area contributed by atoms with E-state index in [-0.39, 0.29) is 48.8 Å². The van der Waals surface area contributed by atoms with Crippen LogP contribution in [0, 0.1) is 17.8 Å². The summed E-state index contributed by atoms with van der Waals surface area (Å²) in [6, 6.07) is 8.37. The predicted octanol–water partition coefficient (Wildman–Crippen LogP) is 7.97. The van der Waals surface area contributed by atoms with Gasteiger partial charge in [-0.25, -0.2) is 4.79 Å². The number of ether oxygens (including phenoxy) is 6. The number of likely N-dealkylation sites (tertiary alicyclic amines) is 1. The molecular formula is C47H69N3O9. The first-order chi connectivity index (χ1) is 28.2. The lowest BCUT2D eigenvalue weighted by atomic mass is 9.72. The second-order valence-electron chi connectivity index (χ2n) is 18.0. The number of ketones is 1. The highest BCUT2D eigenvalue weighted by Gasteiger charge is 2.43. The van der Waals surface area contributed by atoms with Crippen molar-refractivity contribution < 1.29 is 42.8 Å². The molecule has 0 aromatic heterocycles. The Morgan fingerprint density at radius 3 is 2.00 bits per heavy atom. The summed E-state index contributed by atoms with van der Waals surface area (Å²) in [5.74, 6) is 3.39. The van der Waals surface area contributed by atoms with Gasteiger partial charge in [0.1, 0.15) is 11.4 Å². The molecule has 59 heavy (non-hydrogen) atoms. The summed E-state index contributed by atoms with van der Waals surface area (Å²) in [7, 11) is 8.31. The molecule has 0 bridgehead atoms. The van der Waals surface area contributed by atoms with Gasteiger partial charge in [0.05, 0.1) is 46.6 Å². The maximum atomic E-state index is 14.4. The minimum atomic E-state index is -0.615. The predicted molar refractivity (Wildman–Crippen MR) is 227 cm³/mol. The molecule has 2 aromatic carbocycles. The van der Waals surface area contributed by atoms with Crippen LogP contribution in [0.3, 0.4) is 0 Å². The van der Waals surface area contributed by atoms with Gasteiger partial charge in [0, 0.05) is 58.1 Å². The number of hydrogen-bond acceptors (Lipinski definition) is 10. The van der Waals surface area contributed by atoms with Crippen molar-refractivity contribution in [2.75, 3.05) is 61.7 Å². The average molecular weight is 820 g/mol. The molecular weight excluding hydrogens is 751 g/mol. The second kappa shape index (κ2) is 19.1. The van der Waals surface area contributed by atoms with Gasteiger partial charge in [-0.15, -0.1) is 0 Å². The Morgan fingerprint density at radius 1 is 0.780 bits per heavy atom. The summed E-state index contributed by atoms with van der Waals surface area (Å²) in [5, 5.41) is 0. The molecule has 0 radical (unpaired) electrons. The van der Waals surface area contributed by atoms with Gasteiger partial charge in [-0.3, -0.25) is 14.5 Å². The van der Waals surface area contributed by atoms with Crippen LogP contribution in [0.4, 0.5) is 4.79 Å². The van der Waals surface area contributed by atoms with Gasteiger partial charge in [0.2, 0.25) is 5.91 Å². The first kappa shape index (κ1) is 44.5. The van der Waals surface area contributed by atoms with Gasteiger partial charge in [0.15, 0.2) is 23.0 Å². The fraction of sp³-hybridized carbons (Fsp3) is 0.681. The van der Waals surface area contributed by atoms with Crippen LogP contribution in [0.2, 0.25) is 0 Å². The topological polar surface area (TPSA) is 116 Å². The third-order valence-corrected chi connectivity index (χ3v) is 13.5. The molecule has 0 N–H and O–H groups in total. The van der Waals surface area contributed by atoms with E-state index in [1.54, 1.807) is 40.4 Å². The van der Waals surface area contributed by atoms with Crippen LogP contribution in [-0.4, -0.2) is 112 Å². The summed E-state index contributed by atoms with van der Waals surface area (Å²) in [6.07, 6.45) is 6.30. The van der Waals surface area contributed by atoms with Crippen molar-refractivity contribution in [3.8, 4) is 23.0 Å². The van der Waals surface area contributed by atoms with E-state index in [1.165, 1.54) is 16.7 Å². The number of Topliss-reactive ketones (excluding diaryl/α,β-unsaturated/α-hetero) is 1. The van der Waals surface area contributed by atoms with E-state index in [2.05, 4.69) is 41.0 Å². The molecule has 2 amide bonds. The zero-order chi connectivity index (χ0) is 42.6. The normalized spacial score (nSPS) is 24.0. The minimum Gasteiger partial charge on any atom is -0.493 e. The van der Waals surface area contributed by atoms with Gasteiger partial charge in [-0.1, -0.05) is 20.3 Å². The molecule has 2 aromatic rings. The minimum absolute atomic E-state index is 0.0395. The lowest BCUT2D eigenvalue weighted by Crippen LogP contribution is -2.49. The standard InChI is InChI=1S/C47H69N3O9/c1-11-30-28-48-20-17-31-24-40(54-6)42(56-8)26-34(31)37(48)22-33(30)23-38-35-27-43(57-9)41(55-7)25-32(35)18-21-49(38)44(52)16-12-15-39(51)29(2)45(58-10)36-14-13-19-50(36)46(53)59-47(3,4)5/h24-27,29-30,33,36-38,45H,11-23,28H2,1-10H3/t29-,30-,33+,36?,37?,38+,45+/m0/s1. The molecule has 0 saturated carbocycles. The average Bonchev–Trinajstić information content (AvgIpc) is 3.71. The number of fused-ring (bicyclic) bond motifs is 4. The fourth-order valence-electron chi connectivity index (χ4n) is 10.5. The lowest BCUT2D eigenvalue weighted by Gasteiger charge is -2.49. The number of nitrogens with zero attached hydrogens (tertiary/aromatic N) is 3. The van der Waals surface area contributed by atoms with Crippen molar-refractivity contribution in [1.82, 2.24) is 14.7 Å². The van der Waals surface area contributed by atoms with Crippen molar-refractivity contribution in [3.05, 3.63) is 46.5 Å². The summed E-state index contributed by atoms with van der Waals surface area (Å²) in [6.45, 7) is 12.9. The van der Waals surface area contributed by atoms with E-state index >= 15 is 0 Å². The molecule has 6 rings (SSSR count). The third kappa shape index (κ3) is 9.64. The molecule has 7 atom stereocenters. The van der Waals surface area contributed by atoms with Crippen LogP contribution in [0.15, 0.2) is 24.3 Å². The summed E-state index contributed by atoms with van der Waals surface area (Å²) in [4.78, 5) is 47.7. The molecule has 0 spiro atoms. The van der Waals surface area contributed by atoms with Crippen molar-refractivity contribution >= 4 is 17.8 Å². The molecule has 326 valence electrons. The molecule has 2 unspecified atom stereocenters. The molecule has 12 heteroatoms. The van der Waals surface area contributed by atoms with E-state index in [0.717, 1.165) is 68.7 Å². The fourth-order valence-corrected chi connectivity index (χ4v) is 10.5. The SMILES string of the molecule is CC[C@H]1CN2CCc3cc(OC)c(OC)cc3C2C[C@@H]1C[C@@H]1c2cc(OC)c(OC)cc2CCN1C(=O)CCCC(=O)[C@H](C)[C@@H](OC)C1CCCN1C(=O)OC(C)(C)C. The van der Waals surface area contributed by atoms with Crippen LogP contribution in [-0.2, 0) is 31.9 Å². The van der Waals surface area contributed by atoms with Crippen molar-refractivity contribution in [3.63, 3.8) is 0 Å². The highest BCUT2D eigenvalue weighted by Crippen LogP contribution is 2.49. The smallest absolute Gasteiger partial charge is 0.410 e. The van der Waals surface area contributed by atoms with Crippen molar-refractivity contribution in [2.24, 2.45) is 17.8 Å². The first-order valence-electron chi connectivity index (χ1n) is 21.8. The van der Waals surface area contributed by atoms with Crippen molar-refractivity contribution in [1.29, 1.82) is 0 Å². The van der Waals surface area contributed by atoms with Crippen molar-refractivity contribution in [2.45, 2.75) is 129 Å². The van der Waals surface area contributed by atoms with E-state index in [0.29, 0.717) is 49.3 Å². The largest absolute Gasteiger partial charge is 0.493 e. The Bertz CT molecular complexity index is 1810. The second-order valence-corrected chi connectivity index (χ2v) is 18.0. The van der Waals surface area contributed by atoms with E-state index in [1.807, 2.05) is 27.7 Å². The Balaban J connectivity index is 1.19. The molecule has 0 aliphatic carbocycles. The highest BCUT2D eigenvalue weighted by molar-refractivity contribution is 5.83. The zero-order valence-corrected chi connectivity index (χ0v) is 37.3. The number of piperidine rings is 1. The van der Waals surface area contributed by atoms with Crippen LogP contribution in [0.5, 0.6) is 23.0 Å². The number of benzene rings is 2. The van der Waals surface area contributed by atoms with E-state index in [9.17, 15) is 14.4 Å². The van der Waals surface area contributed by atoms with Gasteiger partial charge in [-0.2, -0.15) is 0 Å². The number of methoxy groups -OCH3 is 5. The molecule has 4 heterocycles. The van der Waals surface area contributed by atoms with E-state index in [4.69, 9.17) is 28.4 Å². The summed E-state index contributed by atoms with van der Waals surface area (Å²) in [5.41, 5.74) is 4.32. The maximum Gasteiger partial charge on any atom is 0.410 e. The maximum absolute atomic E-state index is 14.4. The van der Waals surface area contributed by atoms with Gasteiger partial charge < -0.3 is 38.2 Å². The Morgan fingerprint density at radius 2 is 1.39 bits per heavy atom. The Kier molecular flexibility index (Phi) is 14.4. The van der Waals surface area contributed by atoms with Crippen LogP contribution >= 0.6 is 0 Å². The summed E-state index contributed by atoms with van der Waals surface area (Å²) < 4.78 is 34.6. The quantitative estimate of drug-likeness (QED) is 0.175. The zero-order valence-electron chi connectivity index (χ0n) is 37.3. The number of carbonyl (C=O) groups is 3. The number of carbonyl (C=O) groups excluding carboxylic acids is 3. The summed E-state index contributed by atoms with van der Waals surface area (Å²) >= 11 is 0.